The Bertz CT molecular complexity index is 1810. The number of hydrogen-bond acceptors (Lipinski definition) is 3. The quantitative estimate of drug-likeness (QED) is 0.0796. The summed E-state index contributed by atoms with van der Waals surface area (Å²) in [6.45, 7) is 11.1. The zero-order valence-corrected chi connectivity index (χ0v) is 29.5. The van der Waals surface area contributed by atoms with Crippen LogP contribution in [0, 0.1) is 36.4 Å². The van der Waals surface area contributed by atoms with Crippen LogP contribution in [-0.4, -0.2) is 15.9 Å². The Labute approximate surface area is 286 Å². The second kappa shape index (κ2) is 15.4. The molecule has 1 aromatic heterocycles. The molecule has 1 radical (unpaired) electrons. The number of aromatic nitrogens is 1. The molecule has 0 unspecified atom stereocenters. The number of ketones is 1. The molecule has 0 fully saturated rings. The Morgan fingerprint density at radius 2 is 1.64 bits per heavy atom. The van der Waals surface area contributed by atoms with Gasteiger partial charge >= 0.3 is 0 Å². The van der Waals surface area contributed by atoms with Gasteiger partial charge in [0.1, 0.15) is 11.6 Å². The van der Waals surface area contributed by atoms with Gasteiger partial charge in [-0.15, -0.1) is 34.9 Å². The largest absolute Gasteiger partial charge is 0.512 e. The predicted molar refractivity (Wildman–Crippen MR) is 180 cm³/mol. The first-order chi connectivity index (χ1) is 22.6. The van der Waals surface area contributed by atoms with Crippen molar-refractivity contribution in [1.82, 2.24) is 4.98 Å². The fourth-order valence-electron chi connectivity index (χ4n) is 5.16. The zero-order chi connectivity index (χ0) is 37.1. The van der Waals surface area contributed by atoms with E-state index in [-0.39, 0.29) is 70.9 Å². The van der Waals surface area contributed by atoms with Crippen molar-refractivity contribution in [3.8, 4) is 11.3 Å². The van der Waals surface area contributed by atoms with Crippen molar-refractivity contribution in [3.05, 3.63) is 89.1 Å². The molecule has 3 aromatic carbocycles. The summed E-state index contributed by atoms with van der Waals surface area (Å²) in [6.07, 6.45) is 6.35. The van der Waals surface area contributed by atoms with E-state index in [2.05, 4.69) is 11.1 Å². The number of allylic oxidation sites excluding steroid dienone is 2. The fraction of sp³-hybridized carbons (Fsp3) is 0.436. The smallest absolute Gasteiger partial charge is 0.164 e. The molecule has 0 aliphatic rings. The van der Waals surface area contributed by atoms with Crippen LogP contribution >= 0.6 is 0 Å². The van der Waals surface area contributed by atoms with Gasteiger partial charge in [0.15, 0.2) is 5.78 Å². The molecule has 239 valence electrons. The second-order valence-corrected chi connectivity index (χ2v) is 12.2. The van der Waals surface area contributed by atoms with Crippen LogP contribution < -0.4 is 0 Å². The first kappa shape index (κ1) is 28.6. The van der Waals surface area contributed by atoms with Crippen molar-refractivity contribution in [3.63, 3.8) is 0 Å². The van der Waals surface area contributed by atoms with Gasteiger partial charge in [-0.3, -0.25) is 4.79 Å². The molecule has 0 aliphatic heterocycles. The van der Waals surface area contributed by atoms with Crippen molar-refractivity contribution in [1.29, 1.82) is 0 Å². The van der Waals surface area contributed by atoms with E-state index in [4.69, 9.17) is 8.22 Å². The summed E-state index contributed by atoms with van der Waals surface area (Å²) in [6, 6.07) is 13.8. The third-order valence-electron chi connectivity index (χ3n) is 9.20. The third kappa shape index (κ3) is 8.03. The Morgan fingerprint density at radius 1 is 0.977 bits per heavy atom. The Kier molecular flexibility index (Phi) is 10.0. The second-order valence-electron chi connectivity index (χ2n) is 12.2. The summed E-state index contributed by atoms with van der Waals surface area (Å²) in [5.74, 6) is 0.0755. The third-order valence-corrected chi connectivity index (χ3v) is 9.20. The van der Waals surface area contributed by atoms with Gasteiger partial charge in [0.25, 0.3) is 0 Å². The van der Waals surface area contributed by atoms with Crippen LogP contribution in [0.5, 0.6) is 0 Å². The number of benzene rings is 3. The van der Waals surface area contributed by atoms with E-state index < -0.39 is 13.7 Å². The SMILES string of the molecule is CCC(C)(CC)C(=O)/C=C(\O)C(C)(CC)CC.[2H]C([2H])([2H])c1[c-]c(-c2nccc3cc(C(C)C)c4cc(F)ccc4c23)cc(C([2H])([2H])[2H])c1.[Ir]. The zero-order valence-electron chi connectivity index (χ0n) is 33.1. The molecule has 0 amide bonds. The van der Waals surface area contributed by atoms with Crippen LogP contribution in [-0.2, 0) is 24.9 Å². The topological polar surface area (TPSA) is 50.2 Å². The van der Waals surface area contributed by atoms with Crippen LogP contribution in [0.25, 0.3) is 32.8 Å². The van der Waals surface area contributed by atoms with Crippen LogP contribution in [0.15, 0.2) is 60.5 Å². The number of hydrogen-bond donors (Lipinski definition) is 1. The minimum atomic E-state index is -2.53. The van der Waals surface area contributed by atoms with E-state index in [0.29, 0.717) is 11.1 Å². The number of carbonyl (C=O) groups excluding carboxylic acids is 1. The van der Waals surface area contributed by atoms with Crippen molar-refractivity contribution >= 4 is 27.3 Å². The Balaban J connectivity index is 0.000000413. The molecule has 5 heteroatoms. The number of aliphatic hydroxyl groups excluding tert-OH is 1. The molecule has 0 saturated heterocycles. The molecule has 3 nitrogen and oxygen atoms in total. The normalized spacial score (nSPS) is 14.8. The summed E-state index contributed by atoms with van der Waals surface area (Å²) in [7, 11) is 0. The molecule has 4 rings (SSSR count). The van der Waals surface area contributed by atoms with Gasteiger partial charge in [-0.25, -0.2) is 4.39 Å². The molecule has 0 spiro atoms. The molecular weight excluding hydrogens is 726 g/mol. The molecule has 44 heavy (non-hydrogen) atoms. The first-order valence-electron chi connectivity index (χ1n) is 18.2. The van der Waals surface area contributed by atoms with Crippen LogP contribution in [0.1, 0.15) is 112 Å². The molecule has 1 N–H and O–H groups in total. The Hall–Kier alpha value is -2.88. The van der Waals surface area contributed by atoms with E-state index in [0.717, 1.165) is 53.5 Å². The minimum Gasteiger partial charge on any atom is -0.512 e. The number of rotatable bonds is 9. The van der Waals surface area contributed by atoms with Crippen molar-refractivity contribution in [2.75, 3.05) is 0 Å². The summed E-state index contributed by atoms with van der Waals surface area (Å²) in [4.78, 5) is 16.7. The van der Waals surface area contributed by atoms with Gasteiger partial charge in [-0.2, -0.15) is 0 Å². The fourth-order valence-corrected chi connectivity index (χ4v) is 5.16. The maximum absolute atomic E-state index is 14.1. The van der Waals surface area contributed by atoms with Crippen LogP contribution in [0.3, 0.4) is 0 Å². The van der Waals surface area contributed by atoms with Crippen molar-refractivity contribution in [2.24, 2.45) is 10.8 Å². The molecule has 0 bridgehead atoms. The number of carbonyl (C=O) groups is 1. The molecule has 1 heterocycles. The van der Waals surface area contributed by atoms with E-state index in [1.807, 2.05) is 67.5 Å². The predicted octanol–water partition coefficient (Wildman–Crippen LogP) is 11.4. The first-order valence-corrected chi connectivity index (χ1v) is 15.2. The van der Waals surface area contributed by atoms with Crippen LogP contribution in [0.2, 0.25) is 0 Å². The van der Waals surface area contributed by atoms with Crippen molar-refractivity contribution < 1.29 is 42.6 Å². The summed E-state index contributed by atoms with van der Waals surface area (Å²) in [5, 5.41) is 13.2. The standard InChI is InChI=1S/C24H21FN.C15H28O2.Ir/c1-14(2)21-12-17-7-8-26-24(18-10-15(3)9-16(4)11-18)23(17)20-6-5-19(25)13-22(20)21;1-7-14(5,8-2)12(16)11-13(17)15(6,9-3)10-4;/h5-10,12-14H,1-4H3;11,16H,7-10H2,1-6H3;/q-1;;/b;12-11-;/i3D3,4D3;;. The summed E-state index contributed by atoms with van der Waals surface area (Å²) in [5.41, 5.74) is 0.783. The Morgan fingerprint density at radius 3 is 2.20 bits per heavy atom. The van der Waals surface area contributed by atoms with Crippen molar-refractivity contribution in [2.45, 2.75) is 101 Å². The number of aryl methyl sites for hydroxylation is 2. The van der Waals surface area contributed by atoms with Gasteiger partial charge < -0.3 is 10.1 Å². The molecule has 4 aromatic rings. The van der Waals surface area contributed by atoms with Gasteiger partial charge in [-0.05, 0) is 82.6 Å². The van der Waals surface area contributed by atoms with Gasteiger partial charge in [0.2, 0.25) is 0 Å². The van der Waals surface area contributed by atoms with E-state index >= 15 is 0 Å². The van der Waals surface area contributed by atoms with Gasteiger partial charge in [0.05, 0.1) is 0 Å². The van der Waals surface area contributed by atoms with Gasteiger partial charge in [0, 0.05) is 51.4 Å². The average molecular weight is 781 g/mol. The average Bonchev–Trinajstić information content (AvgIpc) is 3.05. The van der Waals surface area contributed by atoms with Gasteiger partial charge in [-0.1, -0.05) is 81.2 Å². The summed E-state index contributed by atoms with van der Waals surface area (Å²) >= 11 is 0. The minimum absolute atomic E-state index is 0. The van der Waals surface area contributed by atoms with E-state index in [9.17, 15) is 14.3 Å². The molecule has 0 aliphatic carbocycles. The number of fused-ring (bicyclic) bond motifs is 3. The number of pyridine rings is 1. The van der Waals surface area contributed by atoms with E-state index in [1.165, 1.54) is 24.3 Å². The number of aliphatic hydroxyl groups is 1. The molecule has 0 saturated carbocycles. The number of halogens is 1. The molecule has 0 atom stereocenters. The van der Waals surface area contributed by atoms with Crippen LogP contribution in [0.4, 0.5) is 4.39 Å². The summed E-state index contributed by atoms with van der Waals surface area (Å²) < 4.78 is 60.9. The molecular formula is C39H49FIrNO2-. The monoisotopic (exact) mass is 781 g/mol. The maximum atomic E-state index is 14.1. The maximum Gasteiger partial charge on any atom is 0.164 e. The van der Waals surface area contributed by atoms with E-state index in [1.54, 1.807) is 12.3 Å². The number of nitrogens with zero attached hydrogens (tertiary/aromatic N) is 1.